The van der Waals surface area contributed by atoms with Gasteiger partial charge < -0.3 is 15.6 Å². The van der Waals surface area contributed by atoms with Gasteiger partial charge in [0.25, 0.3) is 0 Å². The number of benzene rings is 2. The Labute approximate surface area is 154 Å². The highest BCUT2D eigenvalue weighted by Crippen LogP contribution is 2.34. The summed E-state index contributed by atoms with van der Waals surface area (Å²) in [5.74, 6) is -2.51. The molecule has 142 valence electrons. The first-order valence-electron chi connectivity index (χ1n) is 8.42. The number of carbonyl (C=O) groups excluding carboxylic acids is 1. The Kier molecular flexibility index (Phi) is 4.82. The molecule has 0 aliphatic heterocycles. The van der Waals surface area contributed by atoms with Gasteiger partial charge in [0.1, 0.15) is 28.9 Å². The van der Waals surface area contributed by atoms with Crippen molar-refractivity contribution >= 4 is 22.6 Å². The monoisotopic (exact) mass is 376 g/mol. The molecule has 3 N–H and O–H groups in total. The second kappa shape index (κ2) is 6.94. The van der Waals surface area contributed by atoms with E-state index in [4.69, 9.17) is 5.73 Å². The third kappa shape index (κ3) is 3.34. The number of primary amides is 1. The second-order valence-electron chi connectivity index (χ2n) is 6.59. The Balaban J connectivity index is 2.26. The molecule has 27 heavy (non-hydrogen) atoms. The molecule has 3 rings (SSSR count). The highest BCUT2D eigenvalue weighted by molar-refractivity contribution is 5.87. The first-order chi connectivity index (χ1) is 12.7. The molecule has 1 heterocycles. The number of anilines is 1. The number of hydrogen-bond acceptors (Lipinski definition) is 3. The molecule has 0 unspecified atom stereocenters. The van der Waals surface area contributed by atoms with Crippen molar-refractivity contribution in [2.75, 3.05) is 5.32 Å². The average Bonchev–Trinajstić information content (AvgIpc) is 2.98. The van der Waals surface area contributed by atoms with Gasteiger partial charge in [-0.25, -0.2) is 18.2 Å². The molecule has 5 nitrogen and oxygen atoms in total. The minimum absolute atomic E-state index is 0.0879. The van der Waals surface area contributed by atoms with Crippen LogP contribution >= 0.6 is 0 Å². The number of hydrogen-bond donors (Lipinski definition) is 2. The Morgan fingerprint density at radius 2 is 1.78 bits per heavy atom. The van der Waals surface area contributed by atoms with E-state index in [1.165, 1.54) is 31.2 Å². The van der Waals surface area contributed by atoms with E-state index >= 15 is 4.39 Å². The van der Waals surface area contributed by atoms with E-state index in [-0.39, 0.29) is 17.1 Å². The highest BCUT2D eigenvalue weighted by atomic mass is 19.1. The van der Waals surface area contributed by atoms with Crippen LogP contribution in [-0.4, -0.2) is 21.5 Å². The van der Waals surface area contributed by atoms with E-state index in [2.05, 4.69) is 10.3 Å². The van der Waals surface area contributed by atoms with Crippen LogP contribution in [0.5, 0.6) is 0 Å². The van der Waals surface area contributed by atoms with Gasteiger partial charge in [-0.1, -0.05) is 0 Å². The summed E-state index contributed by atoms with van der Waals surface area (Å²) < 4.78 is 44.5. The Morgan fingerprint density at radius 3 is 2.33 bits per heavy atom. The third-order valence-corrected chi connectivity index (χ3v) is 4.27. The topological polar surface area (TPSA) is 72.9 Å². The molecule has 0 radical (unpaired) electrons. The lowest BCUT2D eigenvalue weighted by Crippen LogP contribution is -2.33. The van der Waals surface area contributed by atoms with Crippen molar-refractivity contribution in [3.8, 4) is 11.4 Å². The van der Waals surface area contributed by atoms with Crippen molar-refractivity contribution in [3.63, 3.8) is 0 Å². The van der Waals surface area contributed by atoms with Gasteiger partial charge in [-0.15, -0.1) is 0 Å². The van der Waals surface area contributed by atoms with Gasteiger partial charge in [0.05, 0.1) is 5.52 Å². The predicted octanol–water partition coefficient (Wildman–Crippen LogP) is 3.99. The number of aromatic nitrogens is 2. The maximum Gasteiger partial charge on any atom is 0.239 e. The van der Waals surface area contributed by atoms with E-state index in [9.17, 15) is 13.6 Å². The zero-order valence-corrected chi connectivity index (χ0v) is 15.1. The van der Waals surface area contributed by atoms with Crippen LogP contribution in [0.15, 0.2) is 30.3 Å². The summed E-state index contributed by atoms with van der Waals surface area (Å²) in [5.41, 5.74) is 5.51. The largest absolute Gasteiger partial charge is 0.369 e. The van der Waals surface area contributed by atoms with Crippen LogP contribution in [0.1, 0.15) is 26.8 Å². The summed E-state index contributed by atoms with van der Waals surface area (Å²) in [7, 11) is 0. The molecule has 0 saturated heterocycles. The standard InChI is InChI=1S/C19H19F3N4O/c1-9(2)26-17-14(25-19(26)11-4-6-12(20)7-5-11)8-13(21)16(15(17)22)24-10(3)18(23)27/h4-10,24H,1-3H3,(H2,23,27)/t10-/m0/s1. The van der Waals surface area contributed by atoms with E-state index in [1.54, 1.807) is 4.57 Å². The van der Waals surface area contributed by atoms with Gasteiger partial charge in [-0.05, 0) is 45.0 Å². The molecule has 0 saturated carbocycles. The summed E-state index contributed by atoms with van der Waals surface area (Å²) in [6, 6.07) is 5.53. The second-order valence-corrected chi connectivity index (χ2v) is 6.59. The Bertz CT molecular complexity index is 1010. The number of amides is 1. The average molecular weight is 376 g/mol. The molecule has 1 atom stereocenters. The number of fused-ring (bicyclic) bond motifs is 1. The molecule has 0 fully saturated rings. The third-order valence-electron chi connectivity index (χ3n) is 4.27. The van der Waals surface area contributed by atoms with Crippen LogP contribution < -0.4 is 11.1 Å². The van der Waals surface area contributed by atoms with Crippen LogP contribution in [0, 0.1) is 17.5 Å². The fourth-order valence-electron chi connectivity index (χ4n) is 2.91. The van der Waals surface area contributed by atoms with Crippen molar-refractivity contribution in [2.24, 2.45) is 5.73 Å². The van der Waals surface area contributed by atoms with Gasteiger partial charge in [-0.3, -0.25) is 4.79 Å². The van der Waals surface area contributed by atoms with Crippen molar-refractivity contribution in [1.82, 2.24) is 9.55 Å². The number of imidazole rings is 1. The Hall–Kier alpha value is -3.03. The highest BCUT2D eigenvalue weighted by Gasteiger charge is 2.24. The lowest BCUT2D eigenvalue weighted by atomic mass is 10.2. The summed E-state index contributed by atoms with van der Waals surface area (Å²) in [6.07, 6.45) is 0. The SMILES string of the molecule is CC(C)n1c(-c2ccc(F)cc2)nc2cc(F)c(N[C@@H](C)C(N)=O)c(F)c21. The molecule has 0 bridgehead atoms. The molecular weight excluding hydrogens is 357 g/mol. The molecule has 0 aliphatic rings. The number of rotatable bonds is 5. The Morgan fingerprint density at radius 1 is 1.15 bits per heavy atom. The van der Waals surface area contributed by atoms with E-state index < -0.39 is 35.1 Å². The van der Waals surface area contributed by atoms with Gasteiger partial charge in [-0.2, -0.15) is 0 Å². The summed E-state index contributed by atoms with van der Waals surface area (Å²) in [5, 5.41) is 2.48. The molecular formula is C19H19F3N4O. The van der Waals surface area contributed by atoms with Gasteiger partial charge in [0.2, 0.25) is 5.91 Å². The van der Waals surface area contributed by atoms with Crippen LogP contribution in [0.25, 0.3) is 22.4 Å². The van der Waals surface area contributed by atoms with E-state index in [0.717, 1.165) is 6.07 Å². The number of nitrogens with two attached hydrogens (primary N) is 1. The minimum atomic E-state index is -0.960. The smallest absolute Gasteiger partial charge is 0.239 e. The lowest BCUT2D eigenvalue weighted by Gasteiger charge is -2.17. The van der Waals surface area contributed by atoms with E-state index in [1.807, 2.05) is 13.8 Å². The molecule has 0 spiro atoms. The quantitative estimate of drug-likeness (QED) is 0.707. The maximum absolute atomic E-state index is 15.2. The maximum atomic E-state index is 15.2. The fraction of sp³-hybridized carbons (Fsp3) is 0.263. The van der Waals surface area contributed by atoms with Crippen LogP contribution in [0.4, 0.5) is 18.9 Å². The summed E-state index contributed by atoms with van der Waals surface area (Å²) in [4.78, 5) is 15.6. The molecule has 2 aromatic carbocycles. The van der Waals surface area contributed by atoms with Crippen molar-refractivity contribution in [3.05, 3.63) is 47.8 Å². The van der Waals surface area contributed by atoms with Crippen molar-refractivity contribution in [2.45, 2.75) is 32.9 Å². The fourth-order valence-corrected chi connectivity index (χ4v) is 2.91. The molecule has 0 aliphatic carbocycles. The molecule has 1 amide bonds. The molecule has 3 aromatic rings. The molecule has 1 aromatic heterocycles. The zero-order valence-electron chi connectivity index (χ0n) is 15.1. The van der Waals surface area contributed by atoms with Crippen LogP contribution in [0.2, 0.25) is 0 Å². The number of carbonyl (C=O) groups is 1. The van der Waals surface area contributed by atoms with E-state index in [0.29, 0.717) is 11.4 Å². The zero-order chi connectivity index (χ0) is 19.9. The summed E-state index contributed by atoms with van der Waals surface area (Å²) >= 11 is 0. The first kappa shape index (κ1) is 18.8. The van der Waals surface area contributed by atoms with Crippen molar-refractivity contribution in [1.29, 1.82) is 0 Å². The predicted molar refractivity (Wildman–Crippen MR) is 97.7 cm³/mol. The molecule has 8 heteroatoms. The van der Waals surface area contributed by atoms with Crippen LogP contribution in [-0.2, 0) is 4.79 Å². The first-order valence-corrected chi connectivity index (χ1v) is 8.42. The normalized spacial score (nSPS) is 12.6. The minimum Gasteiger partial charge on any atom is -0.369 e. The van der Waals surface area contributed by atoms with Gasteiger partial charge in [0.15, 0.2) is 11.6 Å². The van der Waals surface area contributed by atoms with Gasteiger partial charge in [0, 0.05) is 17.7 Å². The number of halogens is 3. The van der Waals surface area contributed by atoms with Gasteiger partial charge >= 0.3 is 0 Å². The lowest BCUT2D eigenvalue weighted by molar-refractivity contribution is -0.118. The van der Waals surface area contributed by atoms with Crippen LogP contribution in [0.3, 0.4) is 0 Å². The number of nitrogens with one attached hydrogen (secondary N) is 1. The summed E-state index contributed by atoms with van der Waals surface area (Å²) in [6.45, 7) is 5.07. The van der Waals surface area contributed by atoms with Crippen molar-refractivity contribution < 1.29 is 18.0 Å². The number of nitrogens with zero attached hydrogens (tertiary/aromatic N) is 2.